The molecule has 1 aromatic heterocycles. The summed E-state index contributed by atoms with van der Waals surface area (Å²) in [6, 6.07) is 7.38. The minimum absolute atomic E-state index is 0.324. The van der Waals surface area contributed by atoms with Crippen LogP contribution in [0.1, 0.15) is 10.7 Å². The highest BCUT2D eigenvalue weighted by atomic mass is 35.5. The van der Waals surface area contributed by atoms with E-state index in [1.165, 1.54) is 11.3 Å². The number of nitrogens with zero attached hydrogens (tertiary/aromatic N) is 1. The van der Waals surface area contributed by atoms with E-state index in [2.05, 4.69) is 4.98 Å². The Labute approximate surface area is 120 Å². The van der Waals surface area contributed by atoms with Crippen LogP contribution < -0.4 is 10.5 Å². The van der Waals surface area contributed by atoms with Crippen LogP contribution in [0.15, 0.2) is 29.6 Å². The first-order valence-electron chi connectivity index (χ1n) is 5.28. The number of halogens is 1. The maximum absolute atomic E-state index is 5.98. The van der Waals surface area contributed by atoms with Crippen molar-refractivity contribution in [2.24, 2.45) is 5.73 Å². The highest BCUT2D eigenvalue weighted by Gasteiger charge is 2.05. The van der Waals surface area contributed by atoms with Crippen molar-refractivity contribution in [1.29, 1.82) is 0 Å². The molecule has 0 spiro atoms. The van der Waals surface area contributed by atoms with Crippen LogP contribution in [0, 0.1) is 0 Å². The molecule has 0 amide bonds. The van der Waals surface area contributed by atoms with Crippen molar-refractivity contribution >= 4 is 40.1 Å². The highest BCUT2D eigenvalue weighted by molar-refractivity contribution is 7.80. The van der Waals surface area contributed by atoms with Crippen molar-refractivity contribution in [3.8, 4) is 5.75 Å². The van der Waals surface area contributed by atoms with Gasteiger partial charge in [-0.15, -0.1) is 11.3 Å². The molecule has 0 aliphatic heterocycles. The van der Waals surface area contributed by atoms with Crippen LogP contribution in [-0.2, 0) is 6.42 Å². The summed E-state index contributed by atoms with van der Waals surface area (Å²) in [5.74, 6) is 0.685. The van der Waals surface area contributed by atoms with Gasteiger partial charge in [0.15, 0.2) is 0 Å². The van der Waals surface area contributed by atoms with E-state index in [9.17, 15) is 0 Å². The fraction of sp³-hybridized carbons (Fsp3) is 0.167. The lowest BCUT2D eigenvalue weighted by atomic mass is 10.3. The Balaban J connectivity index is 1.88. The molecule has 0 aliphatic carbocycles. The Morgan fingerprint density at radius 3 is 2.89 bits per heavy atom. The number of hydrogen-bond donors (Lipinski definition) is 1. The molecular weight excluding hydrogens is 288 g/mol. The molecule has 3 nitrogen and oxygen atoms in total. The fourth-order valence-corrected chi connectivity index (χ4v) is 2.50. The normalized spacial score (nSPS) is 10.3. The van der Waals surface area contributed by atoms with Crippen LogP contribution in [0.25, 0.3) is 0 Å². The van der Waals surface area contributed by atoms with Gasteiger partial charge in [0.2, 0.25) is 0 Å². The molecule has 0 atom stereocenters. The van der Waals surface area contributed by atoms with E-state index < -0.39 is 0 Å². The Bertz CT molecular complexity index is 557. The standard InChI is InChI=1S/C12H11ClN2OS2/c13-8-3-1-2-4-10(8)16-6-5-11-15-9(7-18-11)12(14)17/h1-4,7H,5-6H2,(H2,14,17). The molecule has 0 aliphatic rings. The zero-order chi connectivity index (χ0) is 13.0. The molecule has 0 bridgehead atoms. The van der Waals surface area contributed by atoms with Crippen LogP contribution in [-0.4, -0.2) is 16.6 Å². The number of hydrogen-bond acceptors (Lipinski definition) is 4. The number of rotatable bonds is 5. The summed E-state index contributed by atoms with van der Waals surface area (Å²) in [6.45, 7) is 0.522. The van der Waals surface area contributed by atoms with E-state index >= 15 is 0 Å². The summed E-state index contributed by atoms with van der Waals surface area (Å²) < 4.78 is 5.58. The number of aromatic nitrogens is 1. The molecule has 18 heavy (non-hydrogen) atoms. The third-order valence-corrected chi connectivity index (χ3v) is 3.64. The molecule has 1 aromatic carbocycles. The number of ether oxygens (including phenoxy) is 1. The van der Waals surface area contributed by atoms with Crippen LogP contribution in [0.3, 0.4) is 0 Å². The van der Waals surface area contributed by atoms with Crippen molar-refractivity contribution in [3.63, 3.8) is 0 Å². The number of benzene rings is 1. The van der Waals surface area contributed by atoms with Crippen LogP contribution >= 0.6 is 35.2 Å². The van der Waals surface area contributed by atoms with Crippen molar-refractivity contribution < 1.29 is 4.74 Å². The second-order valence-electron chi connectivity index (χ2n) is 3.52. The molecule has 0 saturated carbocycles. The number of thiazole rings is 1. The van der Waals surface area contributed by atoms with E-state index in [0.29, 0.717) is 34.5 Å². The van der Waals surface area contributed by atoms with Gasteiger partial charge in [0.1, 0.15) is 16.4 Å². The zero-order valence-electron chi connectivity index (χ0n) is 9.43. The SMILES string of the molecule is NC(=S)c1csc(CCOc2ccccc2Cl)n1. The van der Waals surface area contributed by atoms with Crippen molar-refractivity contribution in [2.45, 2.75) is 6.42 Å². The van der Waals surface area contributed by atoms with E-state index in [4.69, 9.17) is 34.3 Å². The summed E-state index contributed by atoms with van der Waals surface area (Å²) >= 11 is 12.4. The first-order valence-corrected chi connectivity index (χ1v) is 6.95. The molecule has 0 radical (unpaired) electrons. The summed E-state index contributed by atoms with van der Waals surface area (Å²) in [7, 11) is 0. The van der Waals surface area contributed by atoms with Crippen molar-refractivity contribution in [1.82, 2.24) is 4.98 Å². The van der Waals surface area contributed by atoms with Gasteiger partial charge in [0, 0.05) is 11.8 Å². The van der Waals surface area contributed by atoms with Crippen LogP contribution in [0.4, 0.5) is 0 Å². The number of thiocarbonyl (C=S) groups is 1. The molecule has 2 aromatic rings. The lowest BCUT2D eigenvalue weighted by molar-refractivity contribution is 0.322. The first kappa shape index (κ1) is 13.3. The third-order valence-electron chi connectivity index (χ3n) is 2.21. The smallest absolute Gasteiger partial charge is 0.137 e. The summed E-state index contributed by atoms with van der Waals surface area (Å²) in [4.78, 5) is 4.63. The molecule has 0 saturated heterocycles. The predicted molar refractivity (Wildman–Crippen MR) is 78.7 cm³/mol. The Hall–Kier alpha value is -1.17. The average Bonchev–Trinajstić information content (AvgIpc) is 2.80. The van der Waals surface area contributed by atoms with Crippen LogP contribution in [0.2, 0.25) is 5.02 Å². The lowest BCUT2D eigenvalue weighted by Gasteiger charge is -2.06. The lowest BCUT2D eigenvalue weighted by Crippen LogP contribution is -2.10. The van der Waals surface area contributed by atoms with Crippen molar-refractivity contribution in [3.05, 3.63) is 45.4 Å². The topological polar surface area (TPSA) is 48.1 Å². The first-order chi connectivity index (χ1) is 8.66. The zero-order valence-corrected chi connectivity index (χ0v) is 11.8. The quantitative estimate of drug-likeness (QED) is 0.862. The predicted octanol–water partition coefficient (Wildman–Crippen LogP) is 3.05. The molecular formula is C12H11ClN2OS2. The van der Waals surface area contributed by atoms with E-state index in [1.54, 1.807) is 6.07 Å². The van der Waals surface area contributed by atoms with Gasteiger partial charge in [-0.25, -0.2) is 4.98 Å². The maximum atomic E-state index is 5.98. The Morgan fingerprint density at radius 1 is 1.44 bits per heavy atom. The molecule has 0 fully saturated rings. The van der Waals surface area contributed by atoms with Crippen molar-refractivity contribution in [2.75, 3.05) is 6.61 Å². The molecule has 94 valence electrons. The highest BCUT2D eigenvalue weighted by Crippen LogP contribution is 2.23. The second kappa shape index (κ2) is 6.13. The van der Waals surface area contributed by atoms with Gasteiger partial charge < -0.3 is 10.5 Å². The summed E-state index contributed by atoms with van der Waals surface area (Å²) in [5.41, 5.74) is 6.16. The maximum Gasteiger partial charge on any atom is 0.137 e. The van der Waals surface area contributed by atoms with E-state index in [-0.39, 0.29) is 0 Å². The Morgan fingerprint density at radius 2 is 2.22 bits per heavy atom. The van der Waals surface area contributed by atoms with E-state index in [0.717, 1.165) is 5.01 Å². The third kappa shape index (κ3) is 3.41. The summed E-state index contributed by atoms with van der Waals surface area (Å²) in [6.07, 6.45) is 0.707. The minimum Gasteiger partial charge on any atom is -0.492 e. The number of para-hydroxylation sites is 1. The second-order valence-corrected chi connectivity index (χ2v) is 5.31. The van der Waals surface area contributed by atoms with Crippen LogP contribution in [0.5, 0.6) is 5.75 Å². The van der Waals surface area contributed by atoms with Gasteiger partial charge in [0.05, 0.1) is 16.6 Å². The van der Waals surface area contributed by atoms with Gasteiger partial charge in [-0.3, -0.25) is 0 Å². The molecule has 0 unspecified atom stereocenters. The fourth-order valence-electron chi connectivity index (χ4n) is 1.35. The summed E-state index contributed by atoms with van der Waals surface area (Å²) in [5, 5.41) is 3.41. The van der Waals surface area contributed by atoms with Gasteiger partial charge in [-0.1, -0.05) is 36.0 Å². The monoisotopic (exact) mass is 298 g/mol. The average molecular weight is 299 g/mol. The molecule has 2 N–H and O–H groups in total. The largest absolute Gasteiger partial charge is 0.492 e. The van der Waals surface area contributed by atoms with Gasteiger partial charge in [-0.05, 0) is 12.1 Å². The molecule has 6 heteroatoms. The molecule has 2 rings (SSSR count). The minimum atomic E-state index is 0.324. The van der Waals surface area contributed by atoms with Gasteiger partial charge in [0.25, 0.3) is 0 Å². The number of nitrogens with two attached hydrogens (primary N) is 1. The van der Waals surface area contributed by atoms with Gasteiger partial charge >= 0.3 is 0 Å². The molecule has 1 heterocycles. The van der Waals surface area contributed by atoms with E-state index in [1.807, 2.05) is 23.6 Å². The van der Waals surface area contributed by atoms with Gasteiger partial charge in [-0.2, -0.15) is 0 Å². The Kier molecular flexibility index (Phi) is 4.52.